The molecule has 2 heterocycles. The van der Waals surface area contributed by atoms with Crippen molar-refractivity contribution in [3.05, 3.63) is 131 Å². The topological polar surface area (TPSA) is 193 Å². The quantitative estimate of drug-likeness (QED) is 0.133. The third kappa shape index (κ3) is 7.13. The number of aromatic nitrogens is 1. The van der Waals surface area contributed by atoms with Crippen LogP contribution in [0.15, 0.2) is 109 Å². The predicted octanol–water partition coefficient (Wildman–Crippen LogP) is 6.87. The summed E-state index contributed by atoms with van der Waals surface area (Å²) in [6.07, 6.45) is 6.42. The number of nitrogens with one attached hydrogen (secondary N) is 1. The van der Waals surface area contributed by atoms with Crippen LogP contribution in [0, 0.1) is 22.7 Å². The molecule has 5 aliphatic rings. The number of Topliss-reactive ketones (excluding diaryl/α,β-unsaturated/α-hetero) is 1. The highest BCUT2D eigenvalue weighted by molar-refractivity contribution is 6.04. The summed E-state index contributed by atoms with van der Waals surface area (Å²) in [6, 6.07) is 20.3. The first kappa shape index (κ1) is 44.3. The number of nitrogens with zero attached hydrogens (tertiary/aromatic N) is 1. The lowest BCUT2D eigenvalue weighted by atomic mass is 9.44. The lowest BCUT2D eigenvalue weighted by molar-refractivity contribution is -0.246. The molecule has 9 rings (SSSR count). The number of carbonyl (C=O) groups is 5. The zero-order valence-electron chi connectivity index (χ0n) is 36.7. The van der Waals surface area contributed by atoms with Gasteiger partial charge in [-0.25, -0.2) is 14.0 Å². The number of benzene rings is 3. The maximum absolute atomic E-state index is 17.9. The average molecular weight is 886 g/mol. The van der Waals surface area contributed by atoms with E-state index in [0.717, 1.165) is 10.8 Å². The molecule has 0 spiro atoms. The molecule has 3 aromatic carbocycles. The van der Waals surface area contributed by atoms with Crippen LogP contribution in [0.3, 0.4) is 0 Å². The van der Waals surface area contributed by atoms with Crippen LogP contribution in [0.2, 0.25) is 0 Å². The van der Waals surface area contributed by atoms with Crippen LogP contribution in [-0.4, -0.2) is 81.9 Å². The van der Waals surface area contributed by atoms with Gasteiger partial charge < -0.3 is 35.1 Å². The van der Waals surface area contributed by atoms with E-state index >= 15 is 4.39 Å². The van der Waals surface area contributed by atoms with Gasteiger partial charge in [0.2, 0.25) is 11.7 Å². The third-order valence-corrected chi connectivity index (χ3v) is 15.0. The number of pyridine rings is 1. The van der Waals surface area contributed by atoms with Gasteiger partial charge in [0.1, 0.15) is 6.61 Å². The Balaban J connectivity index is 0.863. The number of esters is 2. The van der Waals surface area contributed by atoms with Gasteiger partial charge in [-0.2, -0.15) is 0 Å². The first-order valence-electron chi connectivity index (χ1n) is 22.0. The lowest BCUT2D eigenvalue weighted by Gasteiger charge is -2.62. The predicted molar refractivity (Wildman–Crippen MR) is 236 cm³/mol. The van der Waals surface area contributed by atoms with Gasteiger partial charge in [-0.15, -0.1) is 0 Å². The zero-order chi connectivity index (χ0) is 46.1. The number of halogens is 1. The fraction of sp³-hybridized carbons (Fsp3) is 0.412. The summed E-state index contributed by atoms with van der Waals surface area (Å²) < 4.78 is 42.1. The van der Waals surface area contributed by atoms with E-state index < -0.39 is 82.2 Å². The molecular weight excluding hydrogens is 834 g/mol. The molecule has 1 aromatic heterocycles. The fourth-order valence-corrected chi connectivity index (χ4v) is 11.8. The number of alkyl halides is 1. The van der Waals surface area contributed by atoms with Gasteiger partial charge in [-0.3, -0.25) is 19.4 Å². The molecule has 1 aliphatic heterocycles. The van der Waals surface area contributed by atoms with E-state index in [1.54, 1.807) is 81.7 Å². The summed E-state index contributed by atoms with van der Waals surface area (Å²) >= 11 is 0. The summed E-state index contributed by atoms with van der Waals surface area (Å²) in [6.45, 7) is 6.09. The first-order chi connectivity index (χ1) is 30.9. The Morgan fingerprint density at radius 1 is 0.954 bits per heavy atom. The highest BCUT2D eigenvalue weighted by Gasteiger charge is 2.80. The smallest absolute Gasteiger partial charge is 0.339 e. The maximum Gasteiger partial charge on any atom is 0.339 e. The van der Waals surface area contributed by atoms with Crippen LogP contribution >= 0.6 is 0 Å². The van der Waals surface area contributed by atoms with Crippen molar-refractivity contribution < 1.29 is 52.4 Å². The molecule has 338 valence electrons. The van der Waals surface area contributed by atoms with Gasteiger partial charge in [0, 0.05) is 46.8 Å². The second-order valence-electron chi connectivity index (χ2n) is 18.9. The minimum Gasteiger partial charge on any atom is -0.457 e. The molecule has 14 heteroatoms. The SMILES string of the molecule is CC1(C)O[C@@H]2C[C@H]3[C@@H]4CCC5=CC(=O)C=C[C@]5(C)[C@@]4(F)[C@@H](O)C[C@]3(C)[C@]2(C(=O)COC(=O)c2ccccc2C(=O)OCc2ccc([C@@H](CN)C(=O)Nc3ccc4cnccc4c3)cc2)O1. The summed E-state index contributed by atoms with van der Waals surface area (Å²) in [4.78, 5) is 71.6. The number of amides is 1. The summed E-state index contributed by atoms with van der Waals surface area (Å²) in [7, 11) is 0. The highest BCUT2D eigenvalue weighted by atomic mass is 19.1. The molecule has 4 aliphatic carbocycles. The molecule has 4 N–H and O–H groups in total. The Kier molecular flexibility index (Phi) is 11.0. The molecule has 4 fully saturated rings. The Morgan fingerprint density at radius 2 is 1.68 bits per heavy atom. The van der Waals surface area contributed by atoms with E-state index in [4.69, 9.17) is 24.7 Å². The largest absolute Gasteiger partial charge is 0.457 e. The second-order valence-corrected chi connectivity index (χ2v) is 18.9. The maximum atomic E-state index is 17.9. The third-order valence-electron chi connectivity index (χ3n) is 15.0. The number of ether oxygens (including phenoxy) is 4. The minimum absolute atomic E-state index is 0.0563. The van der Waals surface area contributed by atoms with Gasteiger partial charge in [0.25, 0.3) is 0 Å². The normalized spacial score (nSPS) is 31.1. The molecule has 65 heavy (non-hydrogen) atoms. The van der Waals surface area contributed by atoms with Crippen molar-refractivity contribution in [2.75, 3.05) is 18.5 Å². The number of rotatable bonds is 11. The van der Waals surface area contributed by atoms with Crippen LogP contribution in [0.1, 0.15) is 91.1 Å². The molecule has 1 amide bonds. The van der Waals surface area contributed by atoms with E-state index in [1.807, 2.05) is 25.1 Å². The minimum atomic E-state index is -2.13. The van der Waals surface area contributed by atoms with E-state index in [9.17, 15) is 29.1 Å². The monoisotopic (exact) mass is 885 g/mol. The van der Waals surface area contributed by atoms with Gasteiger partial charge in [-0.1, -0.05) is 61.0 Å². The van der Waals surface area contributed by atoms with Crippen LogP contribution in [0.4, 0.5) is 10.1 Å². The van der Waals surface area contributed by atoms with Gasteiger partial charge >= 0.3 is 11.9 Å². The molecule has 0 bridgehead atoms. The van der Waals surface area contributed by atoms with Crippen LogP contribution in [0.25, 0.3) is 10.8 Å². The van der Waals surface area contributed by atoms with Gasteiger partial charge in [0.15, 0.2) is 29.4 Å². The van der Waals surface area contributed by atoms with Crippen molar-refractivity contribution in [3.8, 4) is 0 Å². The van der Waals surface area contributed by atoms with Gasteiger partial charge in [0.05, 0.1) is 29.3 Å². The first-order valence-corrected chi connectivity index (χ1v) is 22.0. The van der Waals surface area contributed by atoms with Crippen LogP contribution in [-0.2, 0) is 39.9 Å². The highest BCUT2D eigenvalue weighted by Crippen LogP contribution is 2.72. The molecule has 3 saturated carbocycles. The van der Waals surface area contributed by atoms with Crippen molar-refractivity contribution in [1.29, 1.82) is 0 Å². The second kappa shape index (κ2) is 16.2. The molecule has 9 atom stereocenters. The molecule has 0 radical (unpaired) electrons. The number of carbonyl (C=O) groups excluding carboxylic acids is 5. The van der Waals surface area contributed by atoms with E-state index in [-0.39, 0.29) is 48.8 Å². The van der Waals surface area contributed by atoms with E-state index in [0.29, 0.717) is 35.2 Å². The van der Waals surface area contributed by atoms with E-state index in [2.05, 4.69) is 10.3 Å². The number of anilines is 1. The summed E-state index contributed by atoms with van der Waals surface area (Å²) in [5.74, 6) is -5.87. The standard InChI is InChI=1S/C51H52FN3O10/c1-47(2)64-43-23-40-39-16-14-33-22-35(56)17-19-48(33,3)50(39,52)41(57)24-49(40,4)51(43,65-47)42(58)28-63-46(61)37-8-6-5-7-36(37)45(60)62-27-29-9-11-30(12-10-29)38(25-53)44(59)55-34-15-13-32-26-54-20-18-31(32)21-34/h5-13,15,17-22,26,38-41,43,57H,14,16,23-25,27-28,53H2,1-4H3,(H,55,59)/t38-,39+,40+,41+,43-,48+,49+,50+,51-/m1/s1. The number of ketones is 2. The Labute approximate surface area is 375 Å². The molecular formula is C51H52FN3O10. The van der Waals surface area contributed by atoms with Crippen molar-refractivity contribution in [2.24, 2.45) is 28.4 Å². The van der Waals surface area contributed by atoms with Crippen molar-refractivity contribution in [1.82, 2.24) is 4.98 Å². The number of aliphatic hydroxyl groups excluding tert-OH is 1. The zero-order valence-corrected chi connectivity index (χ0v) is 36.7. The number of aliphatic hydroxyl groups is 1. The van der Waals surface area contributed by atoms with Crippen molar-refractivity contribution in [2.45, 2.75) is 95.2 Å². The van der Waals surface area contributed by atoms with Crippen molar-refractivity contribution in [3.63, 3.8) is 0 Å². The summed E-state index contributed by atoms with van der Waals surface area (Å²) in [5, 5.41) is 16.7. The number of hydrogen-bond acceptors (Lipinski definition) is 12. The average Bonchev–Trinajstić information content (AvgIpc) is 3.70. The molecule has 0 unspecified atom stereocenters. The molecule has 4 aromatic rings. The van der Waals surface area contributed by atoms with Crippen molar-refractivity contribution >= 4 is 45.9 Å². The molecule has 13 nitrogen and oxygen atoms in total. The Morgan fingerprint density at radius 3 is 2.40 bits per heavy atom. The number of nitrogens with two attached hydrogens (primary N) is 1. The summed E-state index contributed by atoms with van der Waals surface area (Å²) in [5.41, 5.74) is 2.22. The number of fused-ring (bicyclic) bond motifs is 8. The Bertz CT molecular complexity index is 2680. The van der Waals surface area contributed by atoms with Gasteiger partial charge in [-0.05, 0) is 111 Å². The number of hydrogen-bond donors (Lipinski definition) is 3. The lowest BCUT2D eigenvalue weighted by Crippen LogP contribution is -2.70. The van der Waals surface area contributed by atoms with E-state index in [1.165, 1.54) is 24.3 Å². The molecule has 1 saturated heterocycles. The van der Waals surface area contributed by atoms with Crippen LogP contribution < -0.4 is 11.1 Å². The number of allylic oxidation sites excluding steroid dienone is 4. The fourth-order valence-electron chi connectivity index (χ4n) is 11.8. The van der Waals surface area contributed by atoms with Crippen LogP contribution in [0.5, 0.6) is 0 Å². The Hall–Kier alpha value is -5.93.